The number of halogens is 1. The van der Waals surface area contributed by atoms with Crippen LogP contribution in [0.3, 0.4) is 0 Å². The van der Waals surface area contributed by atoms with Gasteiger partial charge in [0.15, 0.2) is 0 Å². The number of ether oxygens (including phenoxy) is 1. The van der Waals surface area contributed by atoms with Crippen molar-refractivity contribution >= 4 is 11.6 Å². The number of aliphatic hydroxyl groups is 1. The lowest BCUT2D eigenvalue weighted by molar-refractivity contribution is 0.0285. The Kier molecular flexibility index (Phi) is 4.11. The number of rotatable bonds is 3. The number of hydrogen-bond donors (Lipinski definition) is 1. The zero-order valence-corrected chi connectivity index (χ0v) is 11.9. The fourth-order valence-corrected chi connectivity index (χ4v) is 1.51. The standard InChI is InChI=1S/C14H21ClO2/c1-13(2,3)10-6-7-11(15)12(8-10)17-9-14(4,5)16/h6-8,16H,9H2,1-5H3. The molecule has 3 heteroatoms. The summed E-state index contributed by atoms with van der Waals surface area (Å²) in [5.41, 5.74) is 0.353. The summed E-state index contributed by atoms with van der Waals surface area (Å²) in [4.78, 5) is 0. The second-order valence-electron chi connectivity index (χ2n) is 6.00. The zero-order valence-electron chi connectivity index (χ0n) is 11.2. The lowest BCUT2D eigenvalue weighted by Gasteiger charge is -2.22. The van der Waals surface area contributed by atoms with Gasteiger partial charge in [0.2, 0.25) is 0 Å². The predicted octanol–water partition coefficient (Wildman–Crippen LogP) is 3.79. The molecule has 1 rings (SSSR count). The van der Waals surface area contributed by atoms with Crippen molar-refractivity contribution in [2.24, 2.45) is 0 Å². The Morgan fingerprint density at radius 3 is 2.24 bits per heavy atom. The summed E-state index contributed by atoms with van der Waals surface area (Å²) in [6.45, 7) is 10.0. The third-order valence-electron chi connectivity index (χ3n) is 2.38. The molecule has 96 valence electrons. The summed E-state index contributed by atoms with van der Waals surface area (Å²) in [7, 11) is 0. The van der Waals surface area contributed by atoms with Crippen LogP contribution in [-0.2, 0) is 5.41 Å². The lowest BCUT2D eigenvalue weighted by atomic mass is 9.87. The monoisotopic (exact) mass is 256 g/mol. The zero-order chi connectivity index (χ0) is 13.3. The molecule has 0 aliphatic carbocycles. The van der Waals surface area contributed by atoms with E-state index in [1.165, 1.54) is 0 Å². The van der Waals surface area contributed by atoms with Crippen molar-refractivity contribution in [1.29, 1.82) is 0 Å². The molecule has 1 aromatic rings. The molecule has 1 aromatic carbocycles. The highest BCUT2D eigenvalue weighted by atomic mass is 35.5. The third-order valence-corrected chi connectivity index (χ3v) is 2.69. The van der Waals surface area contributed by atoms with Crippen LogP contribution in [-0.4, -0.2) is 17.3 Å². The Hall–Kier alpha value is -0.730. The maximum absolute atomic E-state index is 9.63. The molecule has 17 heavy (non-hydrogen) atoms. The van der Waals surface area contributed by atoms with Crippen molar-refractivity contribution in [1.82, 2.24) is 0 Å². The molecule has 0 fully saturated rings. The fourth-order valence-electron chi connectivity index (χ4n) is 1.33. The van der Waals surface area contributed by atoms with E-state index < -0.39 is 5.60 Å². The van der Waals surface area contributed by atoms with Gasteiger partial charge in [-0.3, -0.25) is 0 Å². The number of hydrogen-bond acceptors (Lipinski definition) is 2. The van der Waals surface area contributed by atoms with E-state index in [-0.39, 0.29) is 12.0 Å². The van der Waals surface area contributed by atoms with Gasteiger partial charge >= 0.3 is 0 Å². The molecule has 0 unspecified atom stereocenters. The molecule has 0 aliphatic heterocycles. The Bertz CT molecular complexity index is 386. The quantitative estimate of drug-likeness (QED) is 0.892. The van der Waals surface area contributed by atoms with E-state index in [0.717, 1.165) is 5.56 Å². The van der Waals surface area contributed by atoms with Crippen LogP contribution in [0.15, 0.2) is 18.2 Å². The maximum atomic E-state index is 9.63. The van der Waals surface area contributed by atoms with Gasteiger partial charge in [0.05, 0.1) is 10.6 Å². The first kappa shape index (κ1) is 14.3. The smallest absolute Gasteiger partial charge is 0.138 e. The summed E-state index contributed by atoms with van der Waals surface area (Å²) in [6, 6.07) is 5.77. The minimum atomic E-state index is -0.860. The van der Waals surface area contributed by atoms with Crippen LogP contribution in [0, 0.1) is 0 Å². The Balaban J connectivity index is 2.92. The first-order valence-corrected chi connectivity index (χ1v) is 6.12. The van der Waals surface area contributed by atoms with Crippen LogP contribution in [0.4, 0.5) is 0 Å². The van der Waals surface area contributed by atoms with E-state index in [2.05, 4.69) is 20.8 Å². The van der Waals surface area contributed by atoms with E-state index >= 15 is 0 Å². The lowest BCUT2D eigenvalue weighted by Crippen LogP contribution is -2.28. The molecule has 0 saturated carbocycles. The molecule has 0 atom stereocenters. The van der Waals surface area contributed by atoms with Crippen LogP contribution in [0.1, 0.15) is 40.2 Å². The average molecular weight is 257 g/mol. The highest BCUT2D eigenvalue weighted by Crippen LogP contribution is 2.31. The minimum Gasteiger partial charge on any atom is -0.489 e. The molecule has 0 saturated heterocycles. The van der Waals surface area contributed by atoms with Gasteiger partial charge in [-0.2, -0.15) is 0 Å². The molecule has 1 N–H and O–H groups in total. The van der Waals surface area contributed by atoms with Gasteiger partial charge in [0, 0.05) is 0 Å². The highest BCUT2D eigenvalue weighted by Gasteiger charge is 2.18. The Labute approximate surface area is 109 Å². The van der Waals surface area contributed by atoms with E-state index in [1.54, 1.807) is 13.8 Å². The molecule has 0 aromatic heterocycles. The first-order chi connectivity index (χ1) is 7.59. The molecular weight excluding hydrogens is 236 g/mol. The van der Waals surface area contributed by atoms with Crippen LogP contribution < -0.4 is 4.74 Å². The van der Waals surface area contributed by atoms with E-state index in [4.69, 9.17) is 16.3 Å². The van der Waals surface area contributed by atoms with Crippen LogP contribution in [0.25, 0.3) is 0 Å². The summed E-state index contributed by atoms with van der Waals surface area (Å²) in [5, 5.41) is 10.2. The molecule has 0 bridgehead atoms. The van der Waals surface area contributed by atoms with Crippen molar-refractivity contribution in [3.05, 3.63) is 28.8 Å². The predicted molar refractivity (Wildman–Crippen MR) is 71.9 cm³/mol. The van der Waals surface area contributed by atoms with Gasteiger partial charge in [-0.15, -0.1) is 0 Å². The second kappa shape index (κ2) is 4.87. The van der Waals surface area contributed by atoms with Crippen molar-refractivity contribution in [3.63, 3.8) is 0 Å². The second-order valence-corrected chi connectivity index (χ2v) is 6.40. The molecule has 0 aliphatic rings. The van der Waals surface area contributed by atoms with Crippen LogP contribution in [0.2, 0.25) is 5.02 Å². The SMILES string of the molecule is CC(C)(O)COc1cc(C(C)(C)C)ccc1Cl. The van der Waals surface area contributed by atoms with Crippen molar-refractivity contribution in [3.8, 4) is 5.75 Å². The first-order valence-electron chi connectivity index (χ1n) is 5.75. The minimum absolute atomic E-state index is 0.0530. The summed E-state index contributed by atoms with van der Waals surface area (Å²) >= 11 is 6.07. The Morgan fingerprint density at radius 2 is 1.76 bits per heavy atom. The molecule has 0 radical (unpaired) electrons. The maximum Gasteiger partial charge on any atom is 0.138 e. The fraction of sp³-hybridized carbons (Fsp3) is 0.571. The molecule has 0 heterocycles. The van der Waals surface area contributed by atoms with Crippen molar-refractivity contribution < 1.29 is 9.84 Å². The van der Waals surface area contributed by atoms with Gasteiger partial charge in [-0.1, -0.05) is 38.4 Å². The van der Waals surface area contributed by atoms with Gasteiger partial charge in [0.25, 0.3) is 0 Å². The summed E-state index contributed by atoms with van der Waals surface area (Å²) in [6.07, 6.45) is 0. The van der Waals surface area contributed by atoms with Gasteiger partial charge in [-0.25, -0.2) is 0 Å². The molecule has 0 amide bonds. The van der Waals surface area contributed by atoms with Crippen molar-refractivity contribution in [2.45, 2.75) is 45.6 Å². The molecule has 0 spiro atoms. The topological polar surface area (TPSA) is 29.5 Å². The molecule has 2 nitrogen and oxygen atoms in total. The van der Waals surface area contributed by atoms with E-state index in [1.807, 2.05) is 18.2 Å². The normalized spacial score (nSPS) is 12.6. The van der Waals surface area contributed by atoms with Gasteiger partial charge in [0.1, 0.15) is 12.4 Å². The molecular formula is C14H21ClO2. The third kappa shape index (κ3) is 4.57. The van der Waals surface area contributed by atoms with Gasteiger partial charge in [-0.05, 0) is 37.0 Å². The van der Waals surface area contributed by atoms with Crippen LogP contribution >= 0.6 is 11.6 Å². The van der Waals surface area contributed by atoms with Crippen LogP contribution in [0.5, 0.6) is 5.75 Å². The summed E-state index contributed by atoms with van der Waals surface area (Å²) in [5.74, 6) is 0.626. The average Bonchev–Trinajstić information content (AvgIpc) is 2.13. The Morgan fingerprint density at radius 1 is 1.18 bits per heavy atom. The number of benzene rings is 1. The highest BCUT2D eigenvalue weighted by molar-refractivity contribution is 6.32. The summed E-state index contributed by atoms with van der Waals surface area (Å²) < 4.78 is 5.56. The van der Waals surface area contributed by atoms with E-state index in [9.17, 15) is 5.11 Å². The van der Waals surface area contributed by atoms with Gasteiger partial charge < -0.3 is 9.84 Å². The van der Waals surface area contributed by atoms with Crippen molar-refractivity contribution in [2.75, 3.05) is 6.61 Å². The van der Waals surface area contributed by atoms with E-state index in [0.29, 0.717) is 10.8 Å². The largest absolute Gasteiger partial charge is 0.489 e.